The van der Waals surface area contributed by atoms with Crippen molar-refractivity contribution in [3.8, 4) is 0 Å². The van der Waals surface area contributed by atoms with Crippen LogP contribution >= 0.6 is 0 Å². The van der Waals surface area contributed by atoms with Crippen molar-refractivity contribution in [1.29, 1.82) is 0 Å². The van der Waals surface area contributed by atoms with Crippen LogP contribution < -0.4 is 0 Å². The first-order valence-electron chi connectivity index (χ1n) is 7.66. The summed E-state index contributed by atoms with van der Waals surface area (Å²) >= 11 is 0. The quantitative estimate of drug-likeness (QED) is 0.672. The van der Waals surface area contributed by atoms with Crippen molar-refractivity contribution in [2.45, 2.75) is 13.0 Å². The zero-order chi connectivity index (χ0) is 18.8. The van der Waals surface area contributed by atoms with Crippen LogP contribution in [0.15, 0.2) is 6.20 Å². The maximum atomic E-state index is 12.6. The molecular formula is C14H22N4O6S. The van der Waals surface area contributed by atoms with Crippen molar-refractivity contribution in [3.63, 3.8) is 0 Å². The second kappa shape index (κ2) is 7.50. The van der Waals surface area contributed by atoms with E-state index in [9.17, 15) is 18.0 Å². The third kappa shape index (κ3) is 5.00. The van der Waals surface area contributed by atoms with E-state index in [0.29, 0.717) is 17.8 Å². The highest BCUT2D eigenvalue weighted by Crippen LogP contribution is 2.14. The molecule has 0 radical (unpaired) electrons. The van der Waals surface area contributed by atoms with Crippen LogP contribution in [0, 0.1) is 6.92 Å². The number of amides is 1. The molecule has 0 saturated carbocycles. The molecule has 0 aliphatic carbocycles. The number of aryl methyl sites for hydroxylation is 2. The molecule has 1 atom stereocenters. The molecule has 0 aromatic carbocycles. The van der Waals surface area contributed by atoms with E-state index >= 15 is 0 Å². The first-order valence-corrected chi connectivity index (χ1v) is 9.50. The number of carboxylic acid groups (broad SMARTS) is 1. The average Bonchev–Trinajstić information content (AvgIpc) is 2.83. The fraction of sp³-hybridized carbons (Fsp3) is 0.643. The van der Waals surface area contributed by atoms with Crippen LogP contribution in [0.4, 0.5) is 0 Å². The lowest BCUT2D eigenvalue weighted by Gasteiger charge is -2.34. The van der Waals surface area contributed by atoms with Crippen molar-refractivity contribution in [3.05, 3.63) is 17.5 Å². The molecule has 1 aliphatic heterocycles. The summed E-state index contributed by atoms with van der Waals surface area (Å²) in [5.41, 5.74) is 1.09. The molecule has 140 valence electrons. The summed E-state index contributed by atoms with van der Waals surface area (Å²) in [6.45, 7) is 1.78. The van der Waals surface area contributed by atoms with Gasteiger partial charge in [-0.15, -0.1) is 0 Å². The Bertz CT molecular complexity index is 759. The van der Waals surface area contributed by atoms with E-state index in [4.69, 9.17) is 9.84 Å². The first-order chi connectivity index (χ1) is 11.6. The van der Waals surface area contributed by atoms with Crippen molar-refractivity contribution < 1.29 is 27.9 Å². The number of morpholine rings is 1. The van der Waals surface area contributed by atoms with Gasteiger partial charge in [0.15, 0.2) is 0 Å². The van der Waals surface area contributed by atoms with Crippen LogP contribution in [-0.4, -0.2) is 89.5 Å². The summed E-state index contributed by atoms with van der Waals surface area (Å²) < 4.78 is 31.4. The number of hydrogen-bond donors (Lipinski definition) is 1. The van der Waals surface area contributed by atoms with E-state index in [1.165, 1.54) is 0 Å². The van der Waals surface area contributed by atoms with Gasteiger partial charge in [-0.2, -0.15) is 9.40 Å². The van der Waals surface area contributed by atoms with Crippen LogP contribution in [0.25, 0.3) is 0 Å². The van der Waals surface area contributed by atoms with Crippen LogP contribution in [0.2, 0.25) is 0 Å². The average molecular weight is 374 g/mol. The molecule has 2 heterocycles. The molecule has 1 aliphatic rings. The number of sulfonamides is 1. The van der Waals surface area contributed by atoms with Gasteiger partial charge in [0, 0.05) is 32.9 Å². The van der Waals surface area contributed by atoms with Gasteiger partial charge < -0.3 is 14.7 Å². The molecule has 1 aromatic rings. The standard InChI is InChI=1S/C14H22N4O6S/c1-10-12(8-16(2)15-10)14(21)17-4-5-24-11(6-17)7-18(9-13(19)20)25(3,22)23/h8,11H,4-7,9H2,1-3H3,(H,19,20)/t11-/m0/s1. The predicted molar refractivity (Wildman–Crippen MR) is 87.6 cm³/mol. The van der Waals surface area contributed by atoms with Gasteiger partial charge in [-0.25, -0.2) is 8.42 Å². The van der Waals surface area contributed by atoms with E-state index in [-0.39, 0.29) is 25.6 Å². The summed E-state index contributed by atoms with van der Waals surface area (Å²) in [5, 5.41) is 13.0. The maximum Gasteiger partial charge on any atom is 0.318 e. The molecule has 10 nitrogen and oxygen atoms in total. The molecule has 11 heteroatoms. The summed E-state index contributed by atoms with van der Waals surface area (Å²) in [6.07, 6.45) is 1.99. The van der Waals surface area contributed by atoms with Gasteiger partial charge in [-0.1, -0.05) is 0 Å². The second-order valence-corrected chi connectivity index (χ2v) is 7.98. The van der Waals surface area contributed by atoms with E-state index in [1.807, 2.05) is 0 Å². The Kier molecular flexibility index (Phi) is 5.80. The molecular weight excluding hydrogens is 352 g/mol. The molecule has 0 unspecified atom stereocenters. The van der Waals surface area contributed by atoms with E-state index in [1.54, 1.807) is 29.7 Å². The fourth-order valence-electron chi connectivity index (χ4n) is 2.69. The largest absolute Gasteiger partial charge is 0.480 e. The van der Waals surface area contributed by atoms with Crippen molar-refractivity contribution >= 4 is 21.9 Å². The summed E-state index contributed by atoms with van der Waals surface area (Å²) in [6, 6.07) is 0. The van der Waals surface area contributed by atoms with Crippen LogP contribution in [0.5, 0.6) is 0 Å². The molecule has 1 saturated heterocycles. The molecule has 1 N–H and O–H groups in total. The lowest BCUT2D eigenvalue weighted by Crippen LogP contribution is -2.51. The number of carbonyl (C=O) groups is 2. The van der Waals surface area contributed by atoms with Gasteiger partial charge in [0.2, 0.25) is 10.0 Å². The number of aliphatic carboxylic acids is 1. The van der Waals surface area contributed by atoms with Gasteiger partial charge in [-0.05, 0) is 6.92 Å². The maximum absolute atomic E-state index is 12.6. The molecule has 1 amide bonds. The highest BCUT2D eigenvalue weighted by Gasteiger charge is 2.31. The number of carboxylic acids is 1. The summed E-state index contributed by atoms with van der Waals surface area (Å²) in [4.78, 5) is 25.1. The van der Waals surface area contributed by atoms with Gasteiger partial charge in [-0.3, -0.25) is 14.3 Å². The SMILES string of the molecule is Cc1nn(C)cc1C(=O)N1CCO[C@H](CN(CC(=O)O)S(C)(=O)=O)C1. The third-order valence-electron chi connectivity index (χ3n) is 3.86. The molecule has 0 spiro atoms. The van der Waals surface area contributed by atoms with Crippen molar-refractivity contribution in [1.82, 2.24) is 19.0 Å². The summed E-state index contributed by atoms with van der Waals surface area (Å²) in [5.74, 6) is -1.46. The van der Waals surface area contributed by atoms with E-state index in [2.05, 4.69) is 5.10 Å². The van der Waals surface area contributed by atoms with Gasteiger partial charge in [0.25, 0.3) is 5.91 Å². The lowest BCUT2D eigenvalue weighted by molar-refractivity contribution is -0.137. The Morgan fingerprint density at radius 3 is 2.68 bits per heavy atom. The topological polar surface area (TPSA) is 122 Å². The molecule has 1 fully saturated rings. The van der Waals surface area contributed by atoms with Crippen LogP contribution in [-0.2, 0) is 26.6 Å². The number of carbonyl (C=O) groups excluding carboxylic acids is 1. The highest BCUT2D eigenvalue weighted by atomic mass is 32.2. The number of hydrogen-bond acceptors (Lipinski definition) is 6. The molecule has 2 rings (SSSR count). The number of aromatic nitrogens is 2. The lowest BCUT2D eigenvalue weighted by atomic mass is 10.2. The number of ether oxygens (including phenoxy) is 1. The Balaban J connectivity index is 2.08. The zero-order valence-corrected chi connectivity index (χ0v) is 15.2. The second-order valence-electron chi connectivity index (χ2n) is 6.00. The first kappa shape index (κ1) is 19.3. The normalized spacial score (nSPS) is 18.6. The van der Waals surface area contributed by atoms with Gasteiger partial charge in [0.05, 0.1) is 30.2 Å². The molecule has 1 aromatic heterocycles. The zero-order valence-electron chi connectivity index (χ0n) is 14.4. The van der Waals surface area contributed by atoms with Gasteiger partial charge >= 0.3 is 5.97 Å². The third-order valence-corrected chi connectivity index (χ3v) is 5.07. The minimum absolute atomic E-state index is 0.124. The Morgan fingerprint density at radius 2 is 2.16 bits per heavy atom. The van der Waals surface area contributed by atoms with Crippen molar-refractivity contribution in [2.75, 3.05) is 39.0 Å². The smallest absolute Gasteiger partial charge is 0.318 e. The van der Waals surface area contributed by atoms with Crippen molar-refractivity contribution in [2.24, 2.45) is 7.05 Å². The fourth-order valence-corrected chi connectivity index (χ4v) is 3.47. The predicted octanol–water partition coefficient (Wildman–Crippen LogP) is -1.08. The monoisotopic (exact) mass is 374 g/mol. The van der Waals surface area contributed by atoms with E-state index < -0.39 is 28.6 Å². The molecule has 25 heavy (non-hydrogen) atoms. The van der Waals surface area contributed by atoms with Gasteiger partial charge in [0.1, 0.15) is 6.54 Å². The summed E-state index contributed by atoms with van der Waals surface area (Å²) in [7, 11) is -1.97. The number of nitrogens with zero attached hydrogens (tertiary/aromatic N) is 4. The minimum atomic E-state index is -3.70. The van der Waals surface area contributed by atoms with Crippen LogP contribution in [0.1, 0.15) is 16.1 Å². The Hall–Kier alpha value is -1.98. The Morgan fingerprint density at radius 1 is 1.48 bits per heavy atom. The Labute approximate surface area is 146 Å². The van der Waals surface area contributed by atoms with Crippen LogP contribution in [0.3, 0.4) is 0 Å². The minimum Gasteiger partial charge on any atom is -0.480 e. The number of rotatable bonds is 6. The molecule has 0 bridgehead atoms. The van der Waals surface area contributed by atoms with E-state index in [0.717, 1.165) is 10.6 Å². The highest BCUT2D eigenvalue weighted by molar-refractivity contribution is 7.88.